The van der Waals surface area contributed by atoms with Gasteiger partial charge in [-0.15, -0.1) is 0 Å². The third-order valence-corrected chi connectivity index (χ3v) is 3.98. The van der Waals surface area contributed by atoms with Gasteiger partial charge in [0.25, 0.3) is 0 Å². The number of amidine groups is 1. The second kappa shape index (κ2) is 7.78. The van der Waals surface area contributed by atoms with Crippen LogP contribution in [0, 0.1) is 5.41 Å². The van der Waals surface area contributed by atoms with Gasteiger partial charge in [0.15, 0.2) is 5.78 Å². The van der Waals surface area contributed by atoms with E-state index in [4.69, 9.17) is 34.3 Å². The Labute approximate surface area is 149 Å². The number of hydrogen-bond donors (Lipinski definition) is 5. The number of amides is 1. The topological polar surface area (TPSA) is 148 Å². The highest BCUT2D eigenvalue weighted by atomic mass is 35.5. The summed E-state index contributed by atoms with van der Waals surface area (Å²) in [7, 11) is 0. The van der Waals surface area contributed by atoms with Gasteiger partial charge in [0.1, 0.15) is 0 Å². The summed E-state index contributed by atoms with van der Waals surface area (Å²) in [5.41, 5.74) is 14.8. The second-order valence-electron chi connectivity index (χ2n) is 5.43. The van der Waals surface area contributed by atoms with Crippen LogP contribution in [-0.4, -0.2) is 17.5 Å². The van der Waals surface area contributed by atoms with Gasteiger partial charge in [-0.2, -0.15) is 0 Å². The van der Waals surface area contributed by atoms with Gasteiger partial charge in [-0.3, -0.25) is 20.4 Å². The molecule has 1 atom stereocenters. The number of anilines is 1. The Morgan fingerprint density at radius 2 is 1.84 bits per heavy atom. The minimum atomic E-state index is -0.843. The first-order valence-electron chi connectivity index (χ1n) is 7.37. The smallest absolute Gasteiger partial charge is 0.234 e. The SMILES string of the molecule is N=C(N)C(CC(=O)NN)c1cc(Cl)cc(C(=O)c2ccccc2)c1N. The van der Waals surface area contributed by atoms with E-state index in [1.54, 1.807) is 30.3 Å². The van der Waals surface area contributed by atoms with Crippen molar-refractivity contribution >= 4 is 34.8 Å². The van der Waals surface area contributed by atoms with Crippen LogP contribution in [0.2, 0.25) is 5.02 Å². The van der Waals surface area contributed by atoms with Gasteiger partial charge in [-0.05, 0) is 17.7 Å². The molecule has 0 aliphatic carbocycles. The minimum absolute atomic E-state index is 0.128. The number of nitrogens with two attached hydrogens (primary N) is 3. The van der Waals surface area contributed by atoms with Gasteiger partial charge in [-0.25, -0.2) is 5.84 Å². The zero-order valence-corrected chi connectivity index (χ0v) is 14.0. The fourth-order valence-electron chi connectivity index (χ4n) is 2.49. The molecule has 25 heavy (non-hydrogen) atoms. The molecule has 1 unspecified atom stereocenters. The lowest BCUT2D eigenvalue weighted by molar-refractivity contribution is -0.121. The molecule has 0 aromatic heterocycles. The van der Waals surface area contributed by atoms with Gasteiger partial charge in [0.05, 0.1) is 11.8 Å². The molecule has 0 aliphatic rings. The van der Waals surface area contributed by atoms with Crippen LogP contribution < -0.4 is 22.7 Å². The van der Waals surface area contributed by atoms with Crippen LogP contribution >= 0.6 is 11.6 Å². The van der Waals surface area contributed by atoms with E-state index in [2.05, 4.69) is 0 Å². The molecule has 8 N–H and O–H groups in total. The molecule has 1 amide bonds. The van der Waals surface area contributed by atoms with E-state index in [0.717, 1.165) is 0 Å². The predicted molar refractivity (Wildman–Crippen MR) is 97.3 cm³/mol. The molecule has 130 valence electrons. The second-order valence-corrected chi connectivity index (χ2v) is 5.87. The number of hydrogen-bond acceptors (Lipinski definition) is 5. The highest BCUT2D eigenvalue weighted by Crippen LogP contribution is 2.32. The molecular weight excluding hydrogens is 342 g/mol. The summed E-state index contributed by atoms with van der Waals surface area (Å²) >= 11 is 6.13. The molecular formula is C17H18ClN5O2. The quantitative estimate of drug-likeness (QED) is 0.101. The Kier molecular flexibility index (Phi) is 5.74. The monoisotopic (exact) mass is 359 g/mol. The summed E-state index contributed by atoms with van der Waals surface area (Å²) in [6.45, 7) is 0. The van der Waals surface area contributed by atoms with Crippen molar-refractivity contribution < 1.29 is 9.59 Å². The highest BCUT2D eigenvalue weighted by Gasteiger charge is 2.25. The molecule has 2 aromatic carbocycles. The number of nitrogens with one attached hydrogen (secondary N) is 2. The summed E-state index contributed by atoms with van der Waals surface area (Å²) < 4.78 is 0. The molecule has 2 rings (SSSR count). The van der Waals surface area contributed by atoms with Crippen LogP contribution in [0.25, 0.3) is 0 Å². The normalized spacial score (nSPS) is 11.6. The van der Waals surface area contributed by atoms with Crippen molar-refractivity contribution in [1.82, 2.24) is 5.43 Å². The Hall–Kier alpha value is -2.90. The number of carbonyl (C=O) groups is 2. The highest BCUT2D eigenvalue weighted by molar-refractivity contribution is 6.31. The summed E-state index contributed by atoms with van der Waals surface area (Å²) in [5, 5.41) is 7.99. The standard InChI is InChI=1S/C17H18ClN5O2/c18-10-6-11(12(17(20)21)8-14(24)23-22)15(19)13(7-10)16(25)9-4-2-1-3-5-9/h1-7,12H,8,19,22H2,(H3,20,21)(H,23,24). The van der Waals surface area contributed by atoms with Crippen molar-refractivity contribution in [2.24, 2.45) is 11.6 Å². The zero-order valence-electron chi connectivity index (χ0n) is 13.3. The number of hydrazine groups is 1. The fourth-order valence-corrected chi connectivity index (χ4v) is 2.72. The molecule has 0 radical (unpaired) electrons. The van der Waals surface area contributed by atoms with Crippen LogP contribution in [-0.2, 0) is 4.79 Å². The minimum Gasteiger partial charge on any atom is -0.398 e. The molecule has 0 fully saturated rings. The third kappa shape index (κ3) is 4.14. The van der Waals surface area contributed by atoms with Crippen LogP contribution in [0.5, 0.6) is 0 Å². The van der Waals surface area contributed by atoms with E-state index >= 15 is 0 Å². The van der Waals surface area contributed by atoms with E-state index in [-0.39, 0.29) is 34.3 Å². The van der Waals surface area contributed by atoms with E-state index in [0.29, 0.717) is 11.1 Å². The molecule has 0 saturated heterocycles. The van der Waals surface area contributed by atoms with Crippen LogP contribution in [0.3, 0.4) is 0 Å². The van der Waals surface area contributed by atoms with Crippen molar-refractivity contribution in [2.45, 2.75) is 12.3 Å². The van der Waals surface area contributed by atoms with Gasteiger partial charge >= 0.3 is 0 Å². The lowest BCUT2D eigenvalue weighted by Gasteiger charge is -2.19. The van der Waals surface area contributed by atoms with Gasteiger partial charge < -0.3 is 11.5 Å². The molecule has 0 saturated carbocycles. The van der Waals surface area contributed by atoms with Crippen LogP contribution in [0.4, 0.5) is 5.69 Å². The molecule has 7 nitrogen and oxygen atoms in total. The maximum absolute atomic E-state index is 12.7. The number of nitrogen functional groups attached to an aromatic ring is 1. The van der Waals surface area contributed by atoms with E-state index in [1.807, 2.05) is 5.43 Å². The number of halogens is 1. The first kappa shape index (κ1) is 18.4. The maximum Gasteiger partial charge on any atom is 0.234 e. The van der Waals surface area contributed by atoms with E-state index in [1.165, 1.54) is 12.1 Å². The van der Waals surface area contributed by atoms with Crippen molar-refractivity contribution in [3.8, 4) is 0 Å². The van der Waals surface area contributed by atoms with Crippen molar-refractivity contribution in [3.63, 3.8) is 0 Å². The van der Waals surface area contributed by atoms with Crippen LogP contribution in [0.15, 0.2) is 42.5 Å². The molecule has 0 heterocycles. The van der Waals surface area contributed by atoms with Crippen molar-refractivity contribution in [2.75, 3.05) is 5.73 Å². The van der Waals surface area contributed by atoms with Crippen LogP contribution in [0.1, 0.15) is 33.8 Å². The number of carbonyl (C=O) groups excluding carboxylic acids is 2. The Morgan fingerprint density at radius 3 is 2.40 bits per heavy atom. The van der Waals surface area contributed by atoms with Gasteiger partial charge in [0.2, 0.25) is 5.91 Å². The Morgan fingerprint density at radius 1 is 1.20 bits per heavy atom. The molecule has 0 spiro atoms. The summed E-state index contributed by atoms with van der Waals surface area (Å²) in [4.78, 5) is 24.3. The predicted octanol–water partition coefficient (Wildman–Crippen LogP) is 1.55. The van der Waals surface area contributed by atoms with Gasteiger partial charge in [-0.1, -0.05) is 41.9 Å². The maximum atomic E-state index is 12.7. The average Bonchev–Trinajstić information content (AvgIpc) is 2.61. The summed E-state index contributed by atoms with van der Waals surface area (Å²) in [5.74, 6) is 3.14. The van der Waals surface area contributed by atoms with Crippen molar-refractivity contribution in [1.29, 1.82) is 5.41 Å². The average molecular weight is 360 g/mol. The Bertz CT molecular complexity index is 823. The first-order valence-corrected chi connectivity index (χ1v) is 7.75. The number of rotatable bonds is 6. The molecule has 2 aromatic rings. The van der Waals surface area contributed by atoms with Gasteiger partial charge in [0, 0.05) is 28.3 Å². The number of benzene rings is 2. The van der Waals surface area contributed by atoms with E-state index < -0.39 is 11.8 Å². The third-order valence-electron chi connectivity index (χ3n) is 3.76. The zero-order chi connectivity index (χ0) is 18.6. The van der Waals surface area contributed by atoms with Crippen molar-refractivity contribution in [3.05, 3.63) is 64.2 Å². The molecule has 0 bridgehead atoms. The van der Waals surface area contributed by atoms with E-state index in [9.17, 15) is 9.59 Å². The lowest BCUT2D eigenvalue weighted by Crippen LogP contribution is -2.34. The summed E-state index contributed by atoms with van der Waals surface area (Å²) in [6.07, 6.45) is -0.185. The molecule has 0 aliphatic heterocycles. The molecule has 8 heteroatoms. The number of ketones is 1. The Balaban J connectivity index is 2.53. The fraction of sp³-hybridized carbons (Fsp3) is 0.118. The lowest BCUT2D eigenvalue weighted by atomic mass is 9.89. The first-order chi connectivity index (χ1) is 11.8. The largest absolute Gasteiger partial charge is 0.398 e. The summed E-state index contributed by atoms with van der Waals surface area (Å²) in [6, 6.07) is 11.5.